The van der Waals surface area contributed by atoms with Crippen molar-refractivity contribution < 1.29 is 0 Å². The summed E-state index contributed by atoms with van der Waals surface area (Å²) in [5.41, 5.74) is 1.54. The first kappa shape index (κ1) is 17.0. The lowest BCUT2D eigenvalue weighted by molar-refractivity contribution is 0.320. The second kappa shape index (κ2) is 5.79. The van der Waals surface area contributed by atoms with Crippen LogP contribution in [0, 0.1) is 0 Å². The lowest BCUT2D eigenvalue weighted by Gasteiger charge is -2.40. The molecule has 0 unspecified atom stereocenters. The molecule has 1 spiro atoms. The highest BCUT2D eigenvalue weighted by atomic mass is 16.1. The highest BCUT2D eigenvalue weighted by molar-refractivity contribution is 5.41. The molecule has 0 aromatic carbocycles. The summed E-state index contributed by atoms with van der Waals surface area (Å²) < 4.78 is 0. The van der Waals surface area contributed by atoms with E-state index in [4.69, 9.17) is 4.98 Å². The van der Waals surface area contributed by atoms with Crippen molar-refractivity contribution >= 4 is 5.82 Å². The van der Waals surface area contributed by atoms with Crippen molar-refractivity contribution in [3.05, 3.63) is 50.2 Å². The highest BCUT2D eigenvalue weighted by Gasteiger charge is 2.44. The Balaban J connectivity index is 1.65. The van der Waals surface area contributed by atoms with Gasteiger partial charge in [0.1, 0.15) is 11.6 Å². The van der Waals surface area contributed by atoms with Crippen molar-refractivity contribution in [2.75, 3.05) is 18.0 Å². The monoisotopic (exact) mass is 355 g/mol. The smallest absolute Gasteiger partial charge is 0.254 e. The fourth-order valence-electron chi connectivity index (χ4n) is 4.19. The molecule has 0 bridgehead atoms. The molecule has 7 heteroatoms. The van der Waals surface area contributed by atoms with Crippen LogP contribution in [0.1, 0.15) is 57.1 Å². The van der Waals surface area contributed by atoms with Gasteiger partial charge in [0, 0.05) is 35.5 Å². The van der Waals surface area contributed by atoms with Gasteiger partial charge < -0.3 is 14.9 Å². The molecule has 3 heterocycles. The zero-order valence-electron chi connectivity index (χ0n) is 15.6. The van der Waals surface area contributed by atoms with E-state index >= 15 is 0 Å². The van der Waals surface area contributed by atoms with E-state index in [0.717, 1.165) is 61.7 Å². The number of piperidine rings is 1. The van der Waals surface area contributed by atoms with Gasteiger partial charge in [-0.05, 0) is 25.7 Å². The van der Waals surface area contributed by atoms with Crippen LogP contribution in [-0.2, 0) is 17.3 Å². The first-order valence-electron chi connectivity index (χ1n) is 9.22. The van der Waals surface area contributed by atoms with Crippen molar-refractivity contribution in [3.8, 4) is 0 Å². The van der Waals surface area contributed by atoms with Crippen LogP contribution in [0.15, 0.2) is 22.0 Å². The van der Waals surface area contributed by atoms with E-state index < -0.39 is 0 Å². The van der Waals surface area contributed by atoms with E-state index in [-0.39, 0.29) is 21.9 Å². The number of anilines is 1. The summed E-state index contributed by atoms with van der Waals surface area (Å²) in [6.07, 6.45) is 5.07. The summed E-state index contributed by atoms with van der Waals surface area (Å²) in [4.78, 5) is 41.0. The van der Waals surface area contributed by atoms with E-state index in [1.54, 1.807) is 6.07 Å². The Kier molecular flexibility index (Phi) is 3.78. The Labute approximate surface area is 151 Å². The Morgan fingerprint density at radius 2 is 1.88 bits per heavy atom. The molecule has 0 saturated carbocycles. The van der Waals surface area contributed by atoms with E-state index in [0.29, 0.717) is 0 Å². The van der Waals surface area contributed by atoms with Gasteiger partial charge in [-0.1, -0.05) is 20.8 Å². The van der Waals surface area contributed by atoms with Gasteiger partial charge in [-0.15, -0.1) is 0 Å². The van der Waals surface area contributed by atoms with Crippen LogP contribution < -0.4 is 16.0 Å². The number of hydrogen-bond acceptors (Lipinski definition) is 5. The van der Waals surface area contributed by atoms with Gasteiger partial charge in [0.05, 0.1) is 12.0 Å². The largest absolute Gasteiger partial charge is 0.356 e. The Morgan fingerprint density at radius 3 is 2.54 bits per heavy atom. The Hall–Kier alpha value is -2.44. The summed E-state index contributed by atoms with van der Waals surface area (Å²) in [7, 11) is 0. The maximum absolute atomic E-state index is 12.6. The average molecular weight is 355 g/mol. The molecule has 7 nitrogen and oxygen atoms in total. The zero-order chi connectivity index (χ0) is 18.5. The van der Waals surface area contributed by atoms with Crippen molar-refractivity contribution in [1.29, 1.82) is 0 Å². The highest BCUT2D eigenvalue weighted by Crippen LogP contribution is 2.45. The first-order chi connectivity index (χ1) is 12.3. The summed E-state index contributed by atoms with van der Waals surface area (Å²) in [6, 6.07) is 1.54. The van der Waals surface area contributed by atoms with Gasteiger partial charge >= 0.3 is 0 Å². The number of fused-ring (bicyclic) bond motifs is 2. The predicted octanol–water partition coefficient (Wildman–Crippen LogP) is 1.64. The average Bonchev–Trinajstić information content (AvgIpc) is 2.94. The lowest BCUT2D eigenvalue weighted by Crippen LogP contribution is -2.43. The summed E-state index contributed by atoms with van der Waals surface area (Å²) >= 11 is 0. The van der Waals surface area contributed by atoms with Crippen LogP contribution >= 0.6 is 0 Å². The van der Waals surface area contributed by atoms with Crippen LogP contribution in [-0.4, -0.2) is 33.0 Å². The normalized spacial score (nSPS) is 19.0. The van der Waals surface area contributed by atoms with Crippen molar-refractivity contribution in [3.63, 3.8) is 0 Å². The van der Waals surface area contributed by atoms with E-state index in [1.807, 2.05) is 0 Å². The zero-order valence-corrected chi connectivity index (χ0v) is 15.6. The minimum absolute atomic E-state index is 0.0236. The number of nitrogens with one attached hydrogen (secondary N) is 2. The van der Waals surface area contributed by atoms with Crippen LogP contribution in [0.3, 0.4) is 0 Å². The Bertz CT molecular complexity index is 945. The molecule has 1 aliphatic heterocycles. The van der Waals surface area contributed by atoms with E-state index in [9.17, 15) is 9.59 Å². The maximum atomic E-state index is 12.6. The van der Waals surface area contributed by atoms with Crippen molar-refractivity contribution in [2.24, 2.45) is 0 Å². The van der Waals surface area contributed by atoms with E-state index in [1.165, 1.54) is 6.33 Å². The van der Waals surface area contributed by atoms with Gasteiger partial charge in [-0.3, -0.25) is 9.59 Å². The van der Waals surface area contributed by atoms with E-state index in [2.05, 4.69) is 40.6 Å². The fraction of sp³-hybridized carbons (Fsp3) is 0.579. The number of aromatic nitrogens is 4. The molecule has 2 N–H and O–H groups in total. The first-order valence-corrected chi connectivity index (χ1v) is 9.22. The van der Waals surface area contributed by atoms with Gasteiger partial charge in [0.25, 0.3) is 11.1 Å². The molecular weight excluding hydrogens is 330 g/mol. The fourth-order valence-corrected chi connectivity index (χ4v) is 4.19. The third-order valence-corrected chi connectivity index (χ3v) is 5.79. The molecule has 26 heavy (non-hydrogen) atoms. The topological polar surface area (TPSA) is 94.7 Å². The summed E-state index contributed by atoms with van der Waals surface area (Å²) in [5.74, 6) is 1.48. The molecule has 0 radical (unpaired) electrons. The number of hydrogen-bond donors (Lipinski definition) is 2. The summed E-state index contributed by atoms with van der Waals surface area (Å²) in [5, 5.41) is 0. The second-order valence-corrected chi connectivity index (χ2v) is 8.53. The lowest BCUT2D eigenvalue weighted by atomic mass is 9.76. The maximum Gasteiger partial charge on any atom is 0.254 e. The van der Waals surface area contributed by atoms with Crippen LogP contribution in [0.5, 0.6) is 0 Å². The molecular formula is C19H25N5O2. The minimum Gasteiger partial charge on any atom is -0.356 e. The van der Waals surface area contributed by atoms with Gasteiger partial charge in [-0.2, -0.15) is 0 Å². The molecule has 0 atom stereocenters. The van der Waals surface area contributed by atoms with Crippen molar-refractivity contribution in [1.82, 2.24) is 19.9 Å². The van der Waals surface area contributed by atoms with Crippen molar-refractivity contribution in [2.45, 2.75) is 57.3 Å². The summed E-state index contributed by atoms with van der Waals surface area (Å²) in [6.45, 7) is 7.84. The molecule has 4 rings (SSSR count). The van der Waals surface area contributed by atoms with Crippen LogP contribution in [0.2, 0.25) is 0 Å². The quantitative estimate of drug-likeness (QED) is 0.811. The molecule has 0 amide bonds. The molecule has 2 aliphatic rings. The van der Waals surface area contributed by atoms with Crippen LogP contribution in [0.4, 0.5) is 5.82 Å². The van der Waals surface area contributed by atoms with Gasteiger partial charge in [0.2, 0.25) is 0 Å². The Morgan fingerprint density at radius 1 is 1.15 bits per heavy atom. The van der Waals surface area contributed by atoms with Gasteiger partial charge in [-0.25, -0.2) is 9.97 Å². The number of rotatable bonds is 1. The molecule has 1 aliphatic carbocycles. The standard InChI is InChI=1S/C19H25N5O2/c1-18(2,3)17-22-15-12(16(26)23-17)4-5-19(15)6-8-24(9-7-19)13-10-14(25)21-11-20-13/h10-11H,4-9H2,1-3H3,(H,20,21,25)(H,22,23,26). The van der Waals surface area contributed by atoms with Gasteiger partial charge in [0.15, 0.2) is 0 Å². The molecule has 1 saturated heterocycles. The SMILES string of the molecule is CC(C)(C)c1nc2c(c(=O)[nH]1)CCC21CCN(c2cc(=O)[nH]cn2)CC1. The molecule has 138 valence electrons. The minimum atomic E-state index is -0.187. The molecule has 2 aromatic rings. The predicted molar refractivity (Wildman–Crippen MR) is 99.9 cm³/mol. The second-order valence-electron chi connectivity index (χ2n) is 8.53. The van der Waals surface area contributed by atoms with Crippen LogP contribution in [0.25, 0.3) is 0 Å². The molecule has 2 aromatic heterocycles. The third-order valence-electron chi connectivity index (χ3n) is 5.79. The molecule has 1 fully saturated rings. The number of H-pyrrole nitrogens is 2. The third kappa shape index (κ3) is 2.75. The number of nitrogens with zero attached hydrogens (tertiary/aromatic N) is 3. The number of aromatic amines is 2.